The van der Waals surface area contributed by atoms with Crippen LogP contribution >= 0.6 is 12.2 Å². The molecule has 1 saturated heterocycles. The standard InChI is InChI=1S/C22H28N4O2S2/c1-16-4-8-20(9-5-16)23-22(29)25-24-18(3)19-6-10-21(11-7-19)30(27,28)26-14-12-17(2)13-15-26/h4-11,17H,12-15H2,1-3H3,(H2,23,25,29)/b24-18+. The second kappa shape index (κ2) is 9.68. The van der Waals surface area contributed by atoms with Gasteiger partial charge in [0.2, 0.25) is 10.0 Å². The summed E-state index contributed by atoms with van der Waals surface area (Å²) in [5, 5.41) is 7.76. The van der Waals surface area contributed by atoms with Crippen molar-refractivity contribution in [1.29, 1.82) is 0 Å². The molecular formula is C22H28N4O2S2. The summed E-state index contributed by atoms with van der Waals surface area (Å²) in [7, 11) is -3.44. The molecule has 0 aliphatic carbocycles. The molecule has 0 aromatic heterocycles. The van der Waals surface area contributed by atoms with Crippen molar-refractivity contribution in [2.75, 3.05) is 18.4 Å². The molecule has 30 heavy (non-hydrogen) atoms. The Balaban J connectivity index is 1.62. The van der Waals surface area contributed by atoms with Gasteiger partial charge in [0.1, 0.15) is 0 Å². The van der Waals surface area contributed by atoms with Crippen molar-refractivity contribution in [2.45, 2.75) is 38.5 Å². The average molecular weight is 445 g/mol. The van der Waals surface area contributed by atoms with Crippen LogP contribution in [0.1, 0.15) is 37.8 Å². The van der Waals surface area contributed by atoms with E-state index in [1.807, 2.05) is 38.1 Å². The van der Waals surface area contributed by atoms with E-state index in [1.54, 1.807) is 28.6 Å². The molecule has 6 nitrogen and oxygen atoms in total. The van der Waals surface area contributed by atoms with E-state index in [-0.39, 0.29) is 0 Å². The van der Waals surface area contributed by atoms with Crippen molar-refractivity contribution < 1.29 is 8.42 Å². The number of nitrogens with one attached hydrogen (secondary N) is 2. The van der Waals surface area contributed by atoms with E-state index in [0.717, 1.165) is 24.1 Å². The Labute approximate surface area is 184 Å². The average Bonchev–Trinajstić information content (AvgIpc) is 2.74. The fraction of sp³-hybridized carbons (Fsp3) is 0.364. The SMILES string of the molecule is C/C(=N\NC(=S)Nc1ccc(C)cc1)c1ccc(S(=O)(=O)N2CCC(C)CC2)cc1. The third-order valence-electron chi connectivity index (χ3n) is 5.29. The number of hydrogen-bond acceptors (Lipinski definition) is 4. The molecule has 0 saturated carbocycles. The molecule has 1 aliphatic heterocycles. The van der Waals surface area contributed by atoms with Crippen LogP contribution in [0.4, 0.5) is 5.69 Å². The lowest BCUT2D eigenvalue weighted by molar-refractivity contribution is 0.288. The fourth-order valence-electron chi connectivity index (χ4n) is 3.24. The molecule has 160 valence electrons. The number of piperidine rings is 1. The van der Waals surface area contributed by atoms with E-state index in [4.69, 9.17) is 12.2 Å². The van der Waals surface area contributed by atoms with Gasteiger partial charge in [0.15, 0.2) is 5.11 Å². The quantitative estimate of drug-likeness (QED) is 0.412. The Bertz CT molecular complexity index is 1010. The Morgan fingerprint density at radius 2 is 1.67 bits per heavy atom. The molecule has 1 heterocycles. The van der Waals surface area contributed by atoms with Gasteiger partial charge in [0, 0.05) is 18.8 Å². The lowest BCUT2D eigenvalue weighted by Gasteiger charge is -2.29. The molecule has 2 N–H and O–H groups in total. The van der Waals surface area contributed by atoms with Crippen LogP contribution in [0, 0.1) is 12.8 Å². The second-order valence-corrected chi connectivity index (χ2v) is 10.1. The van der Waals surface area contributed by atoms with Crippen LogP contribution in [-0.2, 0) is 10.0 Å². The number of benzene rings is 2. The summed E-state index contributed by atoms with van der Waals surface area (Å²) in [5.41, 5.74) is 6.42. The summed E-state index contributed by atoms with van der Waals surface area (Å²) < 4.78 is 27.3. The summed E-state index contributed by atoms with van der Waals surface area (Å²) in [6.45, 7) is 7.20. The van der Waals surface area contributed by atoms with Crippen LogP contribution in [0.3, 0.4) is 0 Å². The monoisotopic (exact) mass is 444 g/mol. The Kier molecular flexibility index (Phi) is 7.23. The van der Waals surface area contributed by atoms with E-state index in [0.29, 0.717) is 34.7 Å². The number of thiocarbonyl (C=S) groups is 1. The number of anilines is 1. The fourth-order valence-corrected chi connectivity index (χ4v) is 4.87. The predicted molar refractivity (Wildman–Crippen MR) is 126 cm³/mol. The highest BCUT2D eigenvalue weighted by atomic mass is 32.2. The molecular weight excluding hydrogens is 416 g/mol. The molecule has 0 atom stereocenters. The van der Waals surface area contributed by atoms with Gasteiger partial charge in [-0.1, -0.05) is 36.8 Å². The summed E-state index contributed by atoms with van der Waals surface area (Å²) in [6.07, 6.45) is 1.82. The number of hydrogen-bond donors (Lipinski definition) is 2. The van der Waals surface area contributed by atoms with Crippen LogP contribution in [0.2, 0.25) is 0 Å². The first-order valence-electron chi connectivity index (χ1n) is 10.0. The van der Waals surface area contributed by atoms with Crippen LogP contribution in [-0.4, -0.2) is 36.6 Å². The van der Waals surface area contributed by atoms with Gasteiger partial charge in [0.25, 0.3) is 0 Å². The van der Waals surface area contributed by atoms with Crippen LogP contribution < -0.4 is 10.7 Å². The van der Waals surface area contributed by atoms with Crippen LogP contribution in [0.15, 0.2) is 58.5 Å². The zero-order chi connectivity index (χ0) is 21.7. The van der Waals surface area contributed by atoms with Gasteiger partial charge < -0.3 is 5.32 Å². The van der Waals surface area contributed by atoms with Gasteiger partial charge in [-0.25, -0.2) is 8.42 Å². The third-order valence-corrected chi connectivity index (χ3v) is 7.39. The van der Waals surface area contributed by atoms with Crippen molar-refractivity contribution in [3.05, 3.63) is 59.7 Å². The number of aryl methyl sites for hydroxylation is 1. The number of nitrogens with zero attached hydrogens (tertiary/aromatic N) is 2. The molecule has 0 amide bonds. The summed E-state index contributed by atoms with van der Waals surface area (Å²) in [6, 6.07) is 14.7. The van der Waals surface area contributed by atoms with Gasteiger partial charge in [-0.15, -0.1) is 0 Å². The third kappa shape index (κ3) is 5.65. The maximum atomic E-state index is 12.8. The maximum Gasteiger partial charge on any atom is 0.243 e. The highest BCUT2D eigenvalue weighted by Gasteiger charge is 2.27. The Morgan fingerprint density at radius 3 is 2.27 bits per heavy atom. The summed E-state index contributed by atoms with van der Waals surface area (Å²) >= 11 is 5.27. The smallest absolute Gasteiger partial charge is 0.243 e. The molecule has 0 radical (unpaired) electrons. The van der Waals surface area contributed by atoms with Crippen molar-refractivity contribution in [3.63, 3.8) is 0 Å². The first kappa shape index (κ1) is 22.4. The lowest BCUT2D eigenvalue weighted by Crippen LogP contribution is -2.37. The molecule has 0 bridgehead atoms. The van der Waals surface area contributed by atoms with Gasteiger partial charge in [-0.3, -0.25) is 5.43 Å². The van der Waals surface area contributed by atoms with Gasteiger partial charge >= 0.3 is 0 Å². The van der Waals surface area contributed by atoms with Crippen molar-refractivity contribution in [2.24, 2.45) is 11.0 Å². The van der Waals surface area contributed by atoms with Gasteiger partial charge in [-0.2, -0.15) is 9.41 Å². The van der Waals surface area contributed by atoms with Crippen molar-refractivity contribution in [1.82, 2.24) is 9.73 Å². The highest BCUT2D eigenvalue weighted by molar-refractivity contribution is 7.89. The first-order chi connectivity index (χ1) is 14.3. The Morgan fingerprint density at radius 1 is 1.07 bits per heavy atom. The lowest BCUT2D eigenvalue weighted by atomic mass is 10.0. The van der Waals surface area contributed by atoms with E-state index < -0.39 is 10.0 Å². The molecule has 0 spiro atoms. The predicted octanol–water partition coefficient (Wildman–Crippen LogP) is 4.13. The molecule has 3 rings (SSSR count). The van der Waals surface area contributed by atoms with Crippen molar-refractivity contribution >= 4 is 38.8 Å². The maximum absolute atomic E-state index is 12.8. The second-order valence-electron chi connectivity index (χ2n) is 7.74. The summed E-state index contributed by atoms with van der Waals surface area (Å²) in [4.78, 5) is 0.318. The summed E-state index contributed by atoms with van der Waals surface area (Å²) in [5.74, 6) is 0.580. The number of sulfonamides is 1. The normalized spacial score (nSPS) is 16.3. The molecule has 1 aliphatic rings. The van der Waals surface area contributed by atoms with E-state index in [1.165, 1.54) is 5.56 Å². The minimum atomic E-state index is -3.44. The molecule has 8 heteroatoms. The first-order valence-corrected chi connectivity index (χ1v) is 11.9. The number of rotatable bonds is 5. The topological polar surface area (TPSA) is 73.8 Å². The largest absolute Gasteiger partial charge is 0.331 e. The highest BCUT2D eigenvalue weighted by Crippen LogP contribution is 2.23. The minimum Gasteiger partial charge on any atom is -0.331 e. The zero-order valence-corrected chi connectivity index (χ0v) is 19.2. The molecule has 1 fully saturated rings. The Hall–Kier alpha value is -2.29. The van der Waals surface area contributed by atoms with Crippen molar-refractivity contribution in [3.8, 4) is 0 Å². The molecule has 2 aromatic rings. The molecule has 0 unspecified atom stereocenters. The zero-order valence-electron chi connectivity index (χ0n) is 17.6. The van der Waals surface area contributed by atoms with Crippen LogP contribution in [0.5, 0.6) is 0 Å². The van der Waals surface area contributed by atoms with E-state index >= 15 is 0 Å². The van der Waals surface area contributed by atoms with Crippen LogP contribution in [0.25, 0.3) is 0 Å². The van der Waals surface area contributed by atoms with E-state index in [2.05, 4.69) is 22.8 Å². The van der Waals surface area contributed by atoms with E-state index in [9.17, 15) is 8.42 Å². The van der Waals surface area contributed by atoms with Gasteiger partial charge in [0.05, 0.1) is 10.6 Å². The molecule has 2 aromatic carbocycles. The number of hydrazone groups is 1. The van der Waals surface area contributed by atoms with Gasteiger partial charge in [-0.05, 0) is 74.7 Å². The minimum absolute atomic E-state index is 0.318.